The lowest BCUT2D eigenvalue weighted by atomic mass is 9.74. The van der Waals surface area contributed by atoms with Gasteiger partial charge in [-0.05, 0) is 49.1 Å². The maximum absolute atomic E-state index is 9.80. The molecule has 3 rings (SSSR count). The van der Waals surface area contributed by atoms with E-state index in [1.165, 1.54) is 22.4 Å². The average molecular weight is 299 g/mol. The third kappa shape index (κ3) is 1.99. The fraction of sp³-hybridized carbons (Fsp3) is 0.474. The van der Waals surface area contributed by atoms with Crippen molar-refractivity contribution in [2.24, 2.45) is 0 Å². The molecule has 118 valence electrons. The Morgan fingerprint density at radius 1 is 1.18 bits per heavy atom. The van der Waals surface area contributed by atoms with Crippen LogP contribution in [0.4, 0.5) is 0 Å². The second kappa shape index (κ2) is 5.47. The molecule has 2 aromatic rings. The van der Waals surface area contributed by atoms with Crippen molar-refractivity contribution in [1.82, 2.24) is 4.57 Å². The van der Waals surface area contributed by atoms with Crippen molar-refractivity contribution in [1.29, 1.82) is 0 Å². The fourth-order valence-corrected chi connectivity index (χ4v) is 4.02. The quantitative estimate of drug-likeness (QED) is 0.906. The molecule has 0 saturated heterocycles. The second-order valence-electron chi connectivity index (χ2n) is 6.28. The van der Waals surface area contributed by atoms with Crippen LogP contribution in [-0.4, -0.2) is 22.9 Å². The van der Waals surface area contributed by atoms with Gasteiger partial charge in [0, 0.05) is 23.7 Å². The molecule has 0 saturated carbocycles. The van der Waals surface area contributed by atoms with Gasteiger partial charge in [0.05, 0.1) is 18.9 Å². The van der Waals surface area contributed by atoms with E-state index >= 15 is 0 Å². The number of aliphatic hydroxyl groups excluding tert-OH is 1. The zero-order valence-electron chi connectivity index (χ0n) is 13.9. The van der Waals surface area contributed by atoms with Gasteiger partial charge in [0.1, 0.15) is 5.75 Å². The van der Waals surface area contributed by atoms with Crippen LogP contribution in [-0.2, 0) is 12.0 Å². The molecule has 22 heavy (non-hydrogen) atoms. The van der Waals surface area contributed by atoms with Gasteiger partial charge in [0.25, 0.3) is 0 Å². The highest BCUT2D eigenvalue weighted by Crippen LogP contribution is 2.53. The number of aliphatic hydroxyl groups is 1. The van der Waals surface area contributed by atoms with Crippen molar-refractivity contribution >= 4 is 0 Å². The van der Waals surface area contributed by atoms with E-state index in [9.17, 15) is 5.11 Å². The van der Waals surface area contributed by atoms with E-state index in [-0.39, 0.29) is 11.5 Å². The lowest BCUT2D eigenvalue weighted by Crippen LogP contribution is -2.22. The van der Waals surface area contributed by atoms with Gasteiger partial charge in [-0.25, -0.2) is 0 Å². The number of ether oxygens (including phenoxy) is 1. The smallest absolute Gasteiger partial charge is 0.119 e. The normalized spacial score (nSPS) is 16.2. The van der Waals surface area contributed by atoms with Gasteiger partial charge in [-0.1, -0.05) is 19.9 Å². The van der Waals surface area contributed by atoms with Gasteiger partial charge < -0.3 is 14.4 Å². The summed E-state index contributed by atoms with van der Waals surface area (Å²) in [6.45, 7) is 6.98. The molecule has 1 aliphatic rings. The Morgan fingerprint density at radius 3 is 2.50 bits per heavy atom. The highest BCUT2D eigenvalue weighted by atomic mass is 16.5. The van der Waals surface area contributed by atoms with Crippen molar-refractivity contribution in [2.45, 2.75) is 51.7 Å². The maximum Gasteiger partial charge on any atom is 0.119 e. The number of rotatable bonds is 5. The van der Waals surface area contributed by atoms with Gasteiger partial charge in [0.2, 0.25) is 0 Å². The summed E-state index contributed by atoms with van der Waals surface area (Å²) < 4.78 is 7.61. The molecule has 0 fully saturated rings. The van der Waals surface area contributed by atoms with Gasteiger partial charge in [0.15, 0.2) is 0 Å². The largest absolute Gasteiger partial charge is 0.497 e. The molecule has 0 bridgehead atoms. The number of benzene rings is 1. The molecule has 1 N–H and O–H groups in total. The number of nitrogens with zero attached hydrogens (tertiary/aromatic N) is 1. The molecule has 1 aliphatic carbocycles. The summed E-state index contributed by atoms with van der Waals surface area (Å²) in [6, 6.07) is 8.65. The first-order chi connectivity index (χ1) is 10.6. The lowest BCUT2D eigenvalue weighted by molar-refractivity contribution is 0.174. The second-order valence-corrected chi connectivity index (χ2v) is 6.28. The number of hydrogen-bond acceptors (Lipinski definition) is 2. The van der Waals surface area contributed by atoms with Crippen LogP contribution in [0.25, 0.3) is 11.3 Å². The highest BCUT2D eigenvalue weighted by Gasteiger charge is 2.42. The lowest BCUT2D eigenvalue weighted by Gasteiger charge is -2.28. The number of aromatic nitrogens is 1. The summed E-state index contributed by atoms with van der Waals surface area (Å²) in [5.74, 6) is 0.887. The van der Waals surface area contributed by atoms with Gasteiger partial charge in [-0.2, -0.15) is 0 Å². The summed E-state index contributed by atoms with van der Waals surface area (Å²) in [4.78, 5) is 0. The van der Waals surface area contributed by atoms with E-state index in [1.807, 2.05) is 6.92 Å². The molecule has 0 amide bonds. The Bertz CT molecular complexity index is 681. The average Bonchev–Trinajstić information content (AvgIpc) is 3.04. The first-order valence-electron chi connectivity index (χ1n) is 8.14. The van der Waals surface area contributed by atoms with Gasteiger partial charge in [-0.3, -0.25) is 0 Å². The van der Waals surface area contributed by atoms with Crippen molar-refractivity contribution in [3.05, 3.63) is 41.6 Å². The number of methoxy groups -OCH3 is 1. The van der Waals surface area contributed by atoms with E-state index in [0.717, 1.165) is 18.6 Å². The standard InChI is InChI=1S/C19H25NO2/c1-5-19(6-2)16-8-7-14(22-4)11-15(16)18-17(19)9-10-20(18)12-13(3)21/h7-11,13,21H,5-6,12H2,1-4H3. The van der Waals surface area contributed by atoms with E-state index in [2.05, 4.69) is 48.9 Å². The topological polar surface area (TPSA) is 34.4 Å². The summed E-state index contributed by atoms with van der Waals surface area (Å²) in [7, 11) is 1.71. The molecule has 0 spiro atoms. The van der Waals surface area contributed by atoms with Crippen LogP contribution in [0.5, 0.6) is 5.75 Å². The number of fused-ring (bicyclic) bond motifs is 3. The molecule has 1 heterocycles. The predicted molar refractivity (Wildman–Crippen MR) is 89.5 cm³/mol. The Morgan fingerprint density at radius 2 is 1.91 bits per heavy atom. The minimum atomic E-state index is -0.358. The summed E-state index contributed by atoms with van der Waals surface area (Å²) in [5.41, 5.74) is 5.37. The Hall–Kier alpha value is -1.74. The van der Waals surface area contributed by atoms with Crippen LogP contribution >= 0.6 is 0 Å². The maximum atomic E-state index is 9.80. The molecule has 0 aliphatic heterocycles. The molecular weight excluding hydrogens is 274 g/mol. The van der Waals surface area contributed by atoms with Crippen LogP contribution in [0.3, 0.4) is 0 Å². The molecule has 3 heteroatoms. The SMILES string of the molecule is CCC1(CC)c2ccc(OC)cc2-c2c1ccn2CC(C)O. The van der Waals surface area contributed by atoms with Crippen LogP contribution < -0.4 is 4.74 Å². The molecular formula is C19H25NO2. The zero-order valence-corrected chi connectivity index (χ0v) is 13.9. The van der Waals surface area contributed by atoms with E-state index in [0.29, 0.717) is 6.54 Å². The first kappa shape index (κ1) is 15.2. The minimum Gasteiger partial charge on any atom is -0.497 e. The fourth-order valence-electron chi connectivity index (χ4n) is 4.02. The zero-order chi connectivity index (χ0) is 15.9. The predicted octanol–water partition coefficient (Wildman–Crippen LogP) is 3.96. The highest BCUT2D eigenvalue weighted by molar-refractivity contribution is 5.80. The molecule has 1 unspecified atom stereocenters. The number of hydrogen-bond donors (Lipinski definition) is 1. The van der Waals surface area contributed by atoms with Crippen molar-refractivity contribution in [3.8, 4) is 17.0 Å². The summed E-state index contributed by atoms with van der Waals surface area (Å²) in [6.07, 6.45) is 3.91. The summed E-state index contributed by atoms with van der Waals surface area (Å²) in [5, 5.41) is 9.80. The van der Waals surface area contributed by atoms with E-state index < -0.39 is 0 Å². The minimum absolute atomic E-state index is 0.0842. The Labute approximate surface area is 132 Å². The molecule has 1 aromatic heterocycles. The molecule has 1 aromatic carbocycles. The molecule has 3 nitrogen and oxygen atoms in total. The first-order valence-corrected chi connectivity index (χ1v) is 8.14. The third-order valence-corrected chi connectivity index (χ3v) is 5.14. The van der Waals surface area contributed by atoms with E-state index in [4.69, 9.17) is 4.74 Å². The molecule has 1 atom stereocenters. The van der Waals surface area contributed by atoms with Crippen LogP contribution in [0.1, 0.15) is 44.7 Å². The summed E-state index contributed by atoms with van der Waals surface area (Å²) >= 11 is 0. The Balaban J connectivity index is 2.26. The monoisotopic (exact) mass is 299 g/mol. The van der Waals surface area contributed by atoms with Crippen molar-refractivity contribution < 1.29 is 9.84 Å². The molecule has 0 radical (unpaired) electrons. The van der Waals surface area contributed by atoms with Crippen LogP contribution in [0, 0.1) is 0 Å². The van der Waals surface area contributed by atoms with Gasteiger partial charge in [-0.15, -0.1) is 0 Å². The van der Waals surface area contributed by atoms with Crippen LogP contribution in [0.2, 0.25) is 0 Å². The third-order valence-electron chi connectivity index (χ3n) is 5.14. The van der Waals surface area contributed by atoms with Crippen LogP contribution in [0.15, 0.2) is 30.5 Å². The van der Waals surface area contributed by atoms with Crippen molar-refractivity contribution in [3.63, 3.8) is 0 Å². The van der Waals surface area contributed by atoms with E-state index in [1.54, 1.807) is 7.11 Å². The van der Waals surface area contributed by atoms with Gasteiger partial charge >= 0.3 is 0 Å². The van der Waals surface area contributed by atoms with Crippen molar-refractivity contribution in [2.75, 3.05) is 7.11 Å². The Kier molecular flexibility index (Phi) is 3.77.